The number of phenols is 1. The minimum absolute atomic E-state index is 0.0596. The summed E-state index contributed by atoms with van der Waals surface area (Å²) < 4.78 is 0. The summed E-state index contributed by atoms with van der Waals surface area (Å²) in [6.45, 7) is 1.30. The van der Waals surface area contributed by atoms with Gasteiger partial charge in [-0.1, -0.05) is 48.0 Å². The number of halogens is 1. The zero-order valence-electron chi connectivity index (χ0n) is 10.4. The van der Waals surface area contributed by atoms with E-state index in [4.69, 9.17) is 16.7 Å². The Kier molecular flexibility index (Phi) is 4.80. The van der Waals surface area contributed by atoms with Crippen LogP contribution in [0.15, 0.2) is 42.5 Å². The monoisotopic (exact) mass is 277 g/mol. The van der Waals surface area contributed by atoms with Crippen molar-refractivity contribution in [3.8, 4) is 5.75 Å². The summed E-state index contributed by atoms with van der Waals surface area (Å²) >= 11 is 5.84. The molecule has 0 amide bonds. The van der Waals surface area contributed by atoms with Crippen LogP contribution in [0.2, 0.25) is 5.02 Å². The first kappa shape index (κ1) is 13.9. The molecule has 0 saturated heterocycles. The van der Waals surface area contributed by atoms with E-state index in [2.05, 4.69) is 5.32 Å². The predicted molar refractivity (Wildman–Crippen MR) is 76.0 cm³/mol. The standard InChI is InChI=1S/C15H16ClNO2/c16-14-3-1-2-13(15(14)19)9-17-8-11-4-6-12(10-18)7-5-11/h1-7,17-19H,8-10H2. The first-order chi connectivity index (χ1) is 9.20. The molecule has 0 aromatic heterocycles. The van der Waals surface area contributed by atoms with Gasteiger partial charge in [0.1, 0.15) is 5.75 Å². The fourth-order valence-electron chi connectivity index (χ4n) is 1.81. The predicted octanol–water partition coefficient (Wildman–Crippen LogP) is 2.83. The van der Waals surface area contributed by atoms with Crippen LogP contribution in [0.5, 0.6) is 5.75 Å². The average molecular weight is 278 g/mol. The number of aliphatic hydroxyl groups is 1. The zero-order chi connectivity index (χ0) is 13.7. The molecule has 2 rings (SSSR count). The smallest absolute Gasteiger partial charge is 0.138 e. The molecule has 0 aliphatic carbocycles. The lowest BCUT2D eigenvalue weighted by molar-refractivity contribution is 0.282. The van der Waals surface area contributed by atoms with E-state index in [0.717, 1.165) is 16.7 Å². The van der Waals surface area contributed by atoms with Gasteiger partial charge in [0.25, 0.3) is 0 Å². The number of nitrogens with one attached hydrogen (secondary N) is 1. The lowest BCUT2D eigenvalue weighted by atomic mass is 10.1. The number of para-hydroxylation sites is 1. The van der Waals surface area contributed by atoms with Gasteiger partial charge in [0.05, 0.1) is 11.6 Å². The van der Waals surface area contributed by atoms with Crippen LogP contribution in [0, 0.1) is 0 Å². The number of aliphatic hydroxyl groups excluding tert-OH is 1. The minimum atomic E-state index is 0.0596. The summed E-state index contributed by atoms with van der Waals surface area (Å²) in [5.74, 6) is 0.132. The lowest BCUT2D eigenvalue weighted by Crippen LogP contribution is -2.12. The molecule has 0 radical (unpaired) electrons. The molecule has 0 atom stereocenters. The van der Waals surface area contributed by atoms with Crippen molar-refractivity contribution < 1.29 is 10.2 Å². The number of benzene rings is 2. The van der Waals surface area contributed by atoms with Crippen LogP contribution in [0.4, 0.5) is 0 Å². The molecule has 4 heteroatoms. The largest absolute Gasteiger partial charge is 0.506 e. The molecule has 2 aromatic rings. The van der Waals surface area contributed by atoms with E-state index < -0.39 is 0 Å². The minimum Gasteiger partial charge on any atom is -0.506 e. The first-order valence-corrected chi connectivity index (χ1v) is 6.44. The van der Waals surface area contributed by atoms with Gasteiger partial charge in [0.2, 0.25) is 0 Å². The molecule has 0 saturated carbocycles. The van der Waals surface area contributed by atoms with E-state index in [0.29, 0.717) is 18.1 Å². The SMILES string of the molecule is OCc1ccc(CNCc2cccc(Cl)c2O)cc1. The second-order valence-corrected chi connectivity index (χ2v) is 4.73. The molecular weight excluding hydrogens is 262 g/mol. The van der Waals surface area contributed by atoms with Gasteiger partial charge < -0.3 is 15.5 Å². The lowest BCUT2D eigenvalue weighted by Gasteiger charge is -2.08. The molecular formula is C15H16ClNO2. The highest BCUT2D eigenvalue weighted by atomic mass is 35.5. The maximum atomic E-state index is 9.76. The van der Waals surface area contributed by atoms with Crippen molar-refractivity contribution in [3.63, 3.8) is 0 Å². The van der Waals surface area contributed by atoms with E-state index in [-0.39, 0.29) is 12.4 Å². The van der Waals surface area contributed by atoms with E-state index in [1.165, 1.54) is 0 Å². The Labute approximate surface area is 117 Å². The van der Waals surface area contributed by atoms with Gasteiger partial charge in [-0.25, -0.2) is 0 Å². The Bertz CT molecular complexity index is 540. The van der Waals surface area contributed by atoms with Gasteiger partial charge in [0, 0.05) is 18.7 Å². The maximum Gasteiger partial charge on any atom is 0.138 e. The number of hydrogen-bond acceptors (Lipinski definition) is 3. The summed E-state index contributed by atoms with van der Waals surface area (Å²) in [7, 11) is 0. The summed E-state index contributed by atoms with van der Waals surface area (Å²) in [4.78, 5) is 0. The molecule has 0 unspecified atom stereocenters. The van der Waals surface area contributed by atoms with Gasteiger partial charge in [-0.05, 0) is 17.2 Å². The molecule has 2 aromatic carbocycles. The van der Waals surface area contributed by atoms with Crippen LogP contribution < -0.4 is 5.32 Å². The van der Waals surface area contributed by atoms with Gasteiger partial charge >= 0.3 is 0 Å². The molecule has 0 heterocycles. The highest BCUT2D eigenvalue weighted by Gasteiger charge is 2.04. The molecule has 3 N–H and O–H groups in total. The summed E-state index contributed by atoms with van der Waals surface area (Å²) in [6.07, 6.45) is 0. The fraction of sp³-hybridized carbons (Fsp3) is 0.200. The van der Waals surface area contributed by atoms with E-state index in [9.17, 15) is 5.11 Å². The van der Waals surface area contributed by atoms with Crippen LogP contribution in [0.25, 0.3) is 0 Å². The van der Waals surface area contributed by atoms with Crippen molar-refractivity contribution in [3.05, 3.63) is 64.2 Å². The third-order valence-electron chi connectivity index (χ3n) is 2.92. The van der Waals surface area contributed by atoms with Gasteiger partial charge in [0.15, 0.2) is 0 Å². The average Bonchev–Trinajstić information content (AvgIpc) is 2.44. The van der Waals surface area contributed by atoms with E-state index >= 15 is 0 Å². The Hall–Kier alpha value is -1.55. The summed E-state index contributed by atoms with van der Waals surface area (Å²) in [5, 5.41) is 22.3. The summed E-state index contributed by atoms with van der Waals surface area (Å²) in [5.41, 5.74) is 2.80. The van der Waals surface area contributed by atoms with Crippen molar-refractivity contribution in [2.24, 2.45) is 0 Å². The third-order valence-corrected chi connectivity index (χ3v) is 3.23. The zero-order valence-corrected chi connectivity index (χ0v) is 11.2. The van der Waals surface area contributed by atoms with Crippen LogP contribution >= 0.6 is 11.6 Å². The molecule has 0 fully saturated rings. The number of hydrogen-bond donors (Lipinski definition) is 3. The molecule has 0 bridgehead atoms. The molecule has 100 valence electrons. The molecule has 0 aliphatic heterocycles. The second-order valence-electron chi connectivity index (χ2n) is 4.33. The number of aromatic hydroxyl groups is 1. The topological polar surface area (TPSA) is 52.5 Å². The Morgan fingerprint density at radius 1 is 0.947 bits per heavy atom. The Morgan fingerprint density at radius 3 is 2.32 bits per heavy atom. The van der Waals surface area contributed by atoms with Crippen LogP contribution in [-0.4, -0.2) is 10.2 Å². The highest BCUT2D eigenvalue weighted by molar-refractivity contribution is 6.32. The fourth-order valence-corrected chi connectivity index (χ4v) is 2.00. The van der Waals surface area contributed by atoms with Crippen LogP contribution in [0.3, 0.4) is 0 Å². The van der Waals surface area contributed by atoms with Crippen molar-refractivity contribution in [1.82, 2.24) is 5.32 Å². The highest BCUT2D eigenvalue weighted by Crippen LogP contribution is 2.26. The molecule has 3 nitrogen and oxygen atoms in total. The molecule has 0 spiro atoms. The van der Waals surface area contributed by atoms with Crippen LogP contribution in [-0.2, 0) is 19.7 Å². The normalized spacial score (nSPS) is 10.6. The summed E-state index contributed by atoms with van der Waals surface area (Å²) in [6, 6.07) is 13.0. The first-order valence-electron chi connectivity index (χ1n) is 6.06. The van der Waals surface area contributed by atoms with Crippen molar-refractivity contribution >= 4 is 11.6 Å². The number of phenolic OH excluding ortho intramolecular Hbond substituents is 1. The quantitative estimate of drug-likeness (QED) is 0.788. The third kappa shape index (κ3) is 3.70. The maximum absolute atomic E-state index is 9.76. The second kappa shape index (κ2) is 6.57. The Morgan fingerprint density at radius 2 is 1.63 bits per heavy atom. The number of rotatable bonds is 5. The van der Waals surface area contributed by atoms with Gasteiger partial charge in [-0.2, -0.15) is 0 Å². The Balaban J connectivity index is 1.90. The van der Waals surface area contributed by atoms with Crippen molar-refractivity contribution in [2.45, 2.75) is 19.7 Å². The van der Waals surface area contributed by atoms with Crippen LogP contribution in [0.1, 0.15) is 16.7 Å². The molecule has 0 aliphatic rings. The van der Waals surface area contributed by atoms with Crippen molar-refractivity contribution in [2.75, 3.05) is 0 Å². The van der Waals surface area contributed by atoms with E-state index in [1.54, 1.807) is 6.07 Å². The van der Waals surface area contributed by atoms with E-state index in [1.807, 2.05) is 36.4 Å². The van der Waals surface area contributed by atoms with Gasteiger partial charge in [-0.3, -0.25) is 0 Å². The van der Waals surface area contributed by atoms with Gasteiger partial charge in [-0.15, -0.1) is 0 Å². The van der Waals surface area contributed by atoms with Crippen molar-refractivity contribution in [1.29, 1.82) is 0 Å². The molecule has 19 heavy (non-hydrogen) atoms.